The number of hydrogen-bond donors (Lipinski definition) is 3. The van der Waals surface area contributed by atoms with Gasteiger partial charge < -0.3 is 5.32 Å². The van der Waals surface area contributed by atoms with E-state index in [4.69, 9.17) is 23.8 Å². The summed E-state index contributed by atoms with van der Waals surface area (Å²) in [6.07, 6.45) is 0. The van der Waals surface area contributed by atoms with Crippen LogP contribution in [0.3, 0.4) is 0 Å². The molecule has 1 aromatic carbocycles. The van der Waals surface area contributed by atoms with E-state index < -0.39 is 5.91 Å². The molecule has 3 N–H and O–H groups in total. The van der Waals surface area contributed by atoms with E-state index in [0.29, 0.717) is 11.4 Å². The quantitative estimate of drug-likeness (QED) is 0.577. The molecule has 9 heteroatoms. The van der Waals surface area contributed by atoms with Crippen molar-refractivity contribution in [2.75, 3.05) is 5.32 Å². The molecule has 1 amide bonds. The molecule has 2 aromatic rings. The van der Waals surface area contributed by atoms with Crippen molar-refractivity contribution in [1.29, 1.82) is 0 Å². The number of nitrogens with one attached hydrogen (secondary N) is 3. The predicted octanol–water partition coefficient (Wildman–Crippen LogP) is 2.15. The number of benzene rings is 1. The molecule has 2 rings (SSSR count). The third kappa shape index (κ3) is 3.71. The second kappa shape index (κ2) is 6.71. The van der Waals surface area contributed by atoms with Gasteiger partial charge in [-0.05, 0) is 43.4 Å². The Morgan fingerprint density at radius 2 is 1.95 bits per heavy atom. The molecule has 22 heavy (non-hydrogen) atoms. The molecule has 0 fully saturated rings. The average molecular weight is 342 g/mol. The number of hydrazine groups is 1. The van der Waals surface area contributed by atoms with Gasteiger partial charge in [-0.15, -0.1) is 0 Å². The number of hydrogen-bond acceptors (Lipinski definition) is 3. The van der Waals surface area contributed by atoms with Crippen molar-refractivity contribution in [2.45, 2.75) is 6.92 Å². The highest BCUT2D eigenvalue weighted by Crippen LogP contribution is 2.18. The van der Waals surface area contributed by atoms with Crippen LogP contribution in [0.1, 0.15) is 16.2 Å². The Kier molecular flexibility index (Phi) is 4.94. The molecule has 1 heterocycles. The summed E-state index contributed by atoms with van der Waals surface area (Å²) in [5.74, 6) is -0.824. The summed E-state index contributed by atoms with van der Waals surface area (Å²) in [5, 5.41) is 7.27. The Morgan fingerprint density at radius 3 is 2.50 bits per heavy atom. The van der Waals surface area contributed by atoms with E-state index in [0.717, 1.165) is 0 Å². The molecule has 0 unspecified atom stereocenters. The first kappa shape index (κ1) is 16.2. The zero-order chi connectivity index (χ0) is 16.3. The number of rotatable bonds is 2. The van der Waals surface area contributed by atoms with Gasteiger partial charge in [0.15, 0.2) is 5.11 Å². The van der Waals surface area contributed by atoms with E-state index in [1.54, 1.807) is 14.0 Å². The summed E-state index contributed by atoms with van der Waals surface area (Å²) in [7, 11) is 1.61. The first-order valence-corrected chi connectivity index (χ1v) is 6.99. The molecule has 6 nitrogen and oxygen atoms in total. The Labute approximate surface area is 136 Å². The van der Waals surface area contributed by atoms with E-state index in [1.165, 1.54) is 28.9 Å². The number of nitrogens with zero attached hydrogens (tertiary/aromatic N) is 2. The maximum atomic E-state index is 12.8. The van der Waals surface area contributed by atoms with Crippen LogP contribution in [-0.4, -0.2) is 20.8 Å². The van der Waals surface area contributed by atoms with Gasteiger partial charge in [-0.25, -0.2) is 4.39 Å². The van der Waals surface area contributed by atoms with E-state index in [2.05, 4.69) is 21.3 Å². The molecule has 0 aliphatic heterocycles. The van der Waals surface area contributed by atoms with E-state index in [1.807, 2.05) is 0 Å². The monoisotopic (exact) mass is 341 g/mol. The lowest BCUT2D eigenvalue weighted by Crippen LogP contribution is -2.44. The normalized spacial score (nSPS) is 10.2. The molecule has 116 valence electrons. The zero-order valence-corrected chi connectivity index (χ0v) is 13.3. The summed E-state index contributed by atoms with van der Waals surface area (Å²) < 4.78 is 14.2. The van der Waals surface area contributed by atoms with Gasteiger partial charge in [-0.1, -0.05) is 11.6 Å². The minimum Gasteiger partial charge on any atom is -0.331 e. The summed E-state index contributed by atoms with van der Waals surface area (Å²) in [6.45, 7) is 1.70. The van der Waals surface area contributed by atoms with Crippen LogP contribution in [0.15, 0.2) is 24.3 Å². The molecule has 0 saturated carbocycles. The number of anilines is 1. The Morgan fingerprint density at radius 1 is 1.32 bits per heavy atom. The van der Waals surface area contributed by atoms with Crippen molar-refractivity contribution >= 4 is 40.5 Å². The summed E-state index contributed by atoms with van der Waals surface area (Å²) in [4.78, 5) is 12.0. The van der Waals surface area contributed by atoms with E-state index >= 15 is 0 Å². The number of halogens is 2. The highest BCUT2D eigenvalue weighted by atomic mass is 35.5. The number of aromatic nitrogens is 2. The SMILES string of the molecule is Cc1nn(C)c(C(=O)NNC(=S)Nc2ccc(F)cc2)c1Cl. The van der Waals surface area contributed by atoms with Gasteiger partial charge >= 0.3 is 0 Å². The van der Waals surface area contributed by atoms with Crippen LogP contribution in [0.25, 0.3) is 0 Å². The van der Waals surface area contributed by atoms with Gasteiger partial charge in [-0.3, -0.25) is 20.3 Å². The molecule has 0 saturated heterocycles. The fraction of sp³-hybridized carbons (Fsp3) is 0.154. The second-order valence-electron chi connectivity index (χ2n) is 4.41. The van der Waals surface area contributed by atoms with E-state index in [-0.39, 0.29) is 21.6 Å². The van der Waals surface area contributed by atoms with Crippen LogP contribution in [-0.2, 0) is 7.05 Å². The van der Waals surface area contributed by atoms with Gasteiger partial charge in [0, 0.05) is 12.7 Å². The van der Waals surface area contributed by atoms with Gasteiger partial charge in [-0.2, -0.15) is 5.10 Å². The molecule has 0 radical (unpaired) electrons. The van der Waals surface area contributed by atoms with Crippen LogP contribution in [0, 0.1) is 12.7 Å². The first-order chi connectivity index (χ1) is 10.4. The molecular formula is C13H13ClFN5OS. The van der Waals surface area contributed by atoms with Crippen molar-refractivity contribution in [3.8, 4) is 0 Å². The standard InChI is InChI=1S/C13H13ClFN5OS/c1-7-10(14)11(20(2)19-7)12(21)17-18-13(22)16-9-5-3-8(15)4-6-9/h3-6H,1-2H3,(H,17,21)(H2,16,18,22). The third-order valence-corrected chi connectivity index (χ3v) is 3.41. The molecule has 0 aliphatic carbocycles. The Hall–Kier alpha value is -2.19. The first-order valence-electron chi connectivity index (χ1n) is 6.20. The van der Waals surface area contributed by atoms with Crippen LogP contribution in [0.4, 0.5) is 10.1 Å². The highest BCUT2D eigenvalue weighted by Gasteiger charge is 2.18. The fourth-order valence-electron chi connectivity index (χ4n) is 1.75. The number of thiocarbonyl (C=S) groups is 1. The Balaban J connectivity index is 1.93. The maximum Gasteiger partial charge on any atom is 0.289 e. The third-order valence-electron chi connectivity index (χ3n) is 2.76. The topological polar surface area (TPSA) is 71.0 Å². The molecular weight excluding hydrogens is 329 g/mol. The van der Waals surface area contributed by atoms with Gasteiger partial charge in [0.05, 0.1) is 10.7 Å². The van der Waals surface area contributed by atoms with Crippen molar-refractivity contribution in [2.24, 2.45) is 7.05 Å². The maximum absolute atomic E-state index is 12.8. The molecule has 1 aromatic heterocycles. The predicted molar refractivity (Wildman–Crippen MR) is 86.2 cm³/mol. The number of carbonyl (C=O) groups is 1. The summed E-state index contributed by atoms with van der Waals surface area (Å²) in [6, 6.07) is 5.63. The van der Waals surface area contributed by atoms with Crippen molar-refractivity contribution in [3.63, 3.8) is 0 Å². The summed E-state index contributed by atoms with van der Waals surface area (Å²) >= 11 is 11.0. The smallest absolute Gasteiger partial charge is 0.289 e. The van der Waals surface area contributed by atoms with Crippen LogP contribution in [0.2, 0.25) is 5.02 Å². The lowest BCUT2D eigenvalue weighted by Gasteiger charge is -2.11. The molecule has 0 bridgehead atoms. The number of aryl methyl sites for hydroxylation is 2. The lowest BCUT2D eigenvalue weighted by atomic mass is 10.3. The van der Waals surface area contributed by atoms with Gasteiger partial charge in [0.2, 0.25) is 0 Å². The van der Waals surface area contributed by atoms with Crippen LogP contribution in [0.5, 0.6) is 0 Å². The average Bonchev–Trinajstić information content (AvgIpc) is 2.72. The summed E-state index contributed by atoms with van der Waals surface area (Å²) in [5.41, 5.74) is 6.31. The molecule has 0 aliphatic rings. The minimum absolute atomic E-state index is 0.148. The van der Waals surface area contributed by atoms with E-state index in [9.17, 15) is 9.18 Å². The number of amides is 1. The highest BCUT2D eigenvalue weighted by molar-refractivity contribution is 7.80. The van der Waals surface area contributed by atoms with Gasteiger partial charge in [0.1, 0.15) is 11.5 Å². The molecule has 0 spiro atoms. The van der Waals surface area contributed by atoms with Crippen molar-refractivity contribution in [1.82, 2.24) is 20.6 Å². The van der Waals surface area contributed by atoms with Gasteiger partial charge in [0.25, 0.3) is 5.91 Å². The van der Waals surface area contributed by atoms with Crippen molar-refractivity contribution in [3.05, 3.63) is 46.5 Å². The molecule has 0 atom stereocenters. The lowest BCUT2D eigenvalue weighted by molar-refractivity contribution is 0.0935. The second-order valence-corrected chi connectivity index (χ2v) is 5.20. The Bertz CT molecular complexity index is 716. The minimum atomic E-state index is -0.476. The number of carbonyl (C=O) groups excluding carboxylic acids is 1. The van der Waals surface area contributed by atoms with Crippen LogP contribution < -0.4 is 16.2 Å². The largest absolute Gasteiger partial charge is 0.331 e. The van der Waals surface area contributed by atoms with Crippen molar-refractivity contribution < 1.29 is 9.18 Å². The van der Waals surface area contributed by atoms with Crippen LogP contribution >= 0.6 is 23.8 Å². The zero-order valence-electron chi connectivity index (χ0n) is 11.8. The fourth-order valence-corrected chi connectivity index (χ4v) is 2.16.